The van der Waals surface area contributed by atoms with Crippen molar-refractivity contribution < 1.29 is 4.79 Å². The van der Waals surface area contributed by atoms with Gasteiger partial charge in [0.1, 0.15) is 0 Å². The highest BCUT2D eigenvalue weighted by Crippen LogP contribution is 2.09. The molecule has 117 valence electrons. The van der Waals surface area contributed by atoms with E-state index < -0.39 is 0 Å². The summed E-state index contributed by atoms with van der Waals surface area (Å²) < 4.78 is 0. The maximum Gasteiger partial charge on any atom is 0.198 e. The summed E-state index contributed by atoms with van der Waals surface area (Å²) in [5, 5.41) is 0. The Balaban J connectivity index is 3.03. The first-order valence-corrected chi connectivity index (χ1v) is 8.62. The molecule has 20 heavy (non-hydrogen) atoms. The van der Waals surface area contributed by atoms with Gasteiger partial charge in [0.05, 0.1) is 0 Å². The van der Waals surface area contributed by atoms with Crippen LogP contribution in [0.15, 0.2) is 12.2 Å². The van der Waals surface area contributed by atoms with Crippen LogP contribution in [0, 0.1) is 0 Å². The van der Waals surface area contributed by atoms with E-state index in [1.54, 1.807) is 0 Å². The number of hydrogen-bond donors (Lipinski definition) is 1. The number of unbranched alkanes of at least 4 members (excludes halogenated alkanes) is 12. The monoisotopic (exact) mass is 280 g/mol. The molecular formula is C18H34NO. The molecule has 0 heterocycles. The normalized spacial score (nSPS) is 11.2. The number of hydrogen-bond acceptors (Lipinski definition) is 2. The largest absolute Gasteiger partial charge is 0.330 e. The minimum atomic E-state index is 0.617. The first-order chi connectivity index (χ1) is 9.91. The van der Waals surface area contributed by atoms with Crippen LogP contribution >= 0.6 is 0 Å². The van der Waals surface area contributed by atoms with Crippen LogP contribution in [0.3, 0.4) is 0 Å². The van der Waals surface area contributed by atoms with Gasteiger partial charge in [0, 0.05) is 6.42 Å². The highest BCUT2D eigenvalue weighted by molar-refractivity contribution is 5.50. The number of rotatable bonds is 16. The van der Waals surface area contributed by atoms with Crippen molar-refractivity contribution in [3.05, 3.63) is 12.2 Å². The number of nitrogens with two attached hydrogens (primary N) is 1. The molecule has 0 aromatic rings. The highest BCUT2D eigenvalue weighted by Gasteiger charge is 1.91. The third kappa shape index (κ3) is 17.4. The molecule has 0 spiro atoms. The van der Waals surface area contributed by atoms with Gasteiger partial charge in [0.2, 0.25) is 0 Å². The van der Waals surface area contributed by atoms with Crippen LogP contribution in [0.5, 0.6) is 0 Å². The van der Waals surface area contributed by atoms with Crippen molar-refractivity contribution in [2.24, 2.45) is 5.73 Å². The summed E-state index contributed by atoms with van der Waals surface area (Å²) in [6.45, 7) is 0.846. The van der Waals surface area contributed by atoms with E-state index in [-0.39, 0.29) is 0 Å². The number of carbonyl (C=O) groups excluding carboxylic acids is 1. The Morgan fingerprint density at radius 3 is 1.60 bits per heavy atom. The van der Waals surface area contributed by atoms with Crippen molar-refractivity contribution in [1.29, 1.82) is 0 Å². The van der Waals surface area contributed by atoms with Gasteiger partial charge in [-0.15, -0.1) is 0 Å². The van der Waals surface area contributed by atoms with Crippen molar-refractivity contribution in [2.75, 3.05) is 6.54 Å². The van der Waals surface area contributed by atoms with E-state index in [9.17, 15) is 4.79 Å². The second-order valence-electron chi connectivity index (χ2n) is 5.62. The van der Waals surface area contributed by atoms with Crippen LogP contribution in [0.1, 0.15) is 89.9 Å². The molecule has 0 saturated heterocycles. The van der Waals surface area contributed by atoms with Crippen LogP contribution in [-0.2, 0) is 4.79 Å². The fourth-order valence-electron chi connectivity index (χ4n) is 2.34. The zero-order valence-corrected chi connectivity index (χ0v) is 13.2. The Bertz CT molecular complexity index is 213. The zero-order chi connectivity index (χ0) is 14.7. The lowest BCUT2D eigenvalue weighted by molar-refractivity contribution is 0.542. The third-order valence-electron chi connectivity index (χ3n) is 3.64. The van der Waals surface area contributed by atoms with E-state index in [2.05, 4.69) is 12.2 Å². The van der Waals surface area contributed by atoms with Crippen LogP contribution in [0.4, 0.5) is 0 Å². The molecule has 0 aliphatic rings. The average Bonchev–Trinajstić information content (AvgIpc) is 2.47. The fraction of sp³-hybridized carbons (Fsp3) is 0.833. The maximum absolute atomic E-state index is 10.0. The summed E-state index contributed by atoms with van der Waals surface area (Å²) in [5.41, 5.74) is 5.46. The molecule has 0 rings (SSSR count). The van der Waals surface area contributed by atoms with Crippen LogP contribution in [0.2, 0.25) is 0 Å². The van der Waals surface area contributed by atoms with Gasteiger partial charge in [-0.05, 0) is 45.1 Å². The third-order valence-corrected chi connectivity index (χ3v) is 3.64. The van der Waals surface area contributed by atoms with Gasteiger partial charge in [-0.3, -0.25) is 4.79 Å². The zero-order valence-electron chi connectivity index (χ0n) is 13.2. The second kappa shape index (κ2) is 18.4. The van der Waals surface area contributed by atoms with E-state index in [4.69, 9.17) is 5.73 Å². The SMILES string of the molecule is NCCCCCCCC/C=C\CCCCCCC[C]=O. The molecule has 0 amide bonds. The second-order valence-corrected chi connectivity index (χ2v) is 5.62. The van der Waals surface area contributed by atoms with Gasteiger partial charge in [0.15, 0.2) is 6.29 Å². The molecule has 0 atom stereocenters. The number of allylic oxidation sites excluding steroid dienone is 2. The summed E-state index contributed by atoms with van der Waals surface area (Å²) in [6, 6.07) is 0. The van der Waals surface area contributed by atoms with Gasteiger partial charge in [-0.25, -0.2) is 0 Å². The van der Waals surface area contributed by atoms with Gasteiger partial charge < -0.3 is 5.73 Å². The van der Waals surface area contributed by atoms with E-state index in [1.165, 1.54) is 77.0 Å². The molecule has 0 aromatic carbocycles. The smallest absolute Gasteiger partial charge is 0.198 e. The average molecular weight is 280 g/mol. The minimum Gasteiger partial charge on any atom is -0.330 e. The Morgan fingerprint density at radius 2 is 1.10 bits per heavy atom. The first kappa shape index (κ1) is 19.4. The molecule has 0 aliphatic heterocycles. The molecular weight excluding hydrogens is 246 g/mol. The van der Waals surface area contributed by atoms with Crippen molar-refractivity contribution in [3.63, 3.8) is 0 Å². The minimum absolute atomic E-state index is 0.617. The van der Waals surface area contributed by atoms with E-state index >= 15 is 0 Å². The summed E-state index contributed by atoms with van der Waals surface area (Å²) in [4.78, 5) is 10.0. The predicted molar refractivity (Wildman–Crippen MR) is 88.5 cm³/mol. The van der Waals surface area contributed by atoms with Crippen LogP contribution in [0.25, 0.3) is 0 Å². The molecule has 0 bridgehead atoms. The van der Waals surface area contributed by atoms with E-state index in [0.29, 0.717) is 6.42 Å². The lowest BCUT2D eigenvalue weighted by Gasteiger charge is -1.99. The molecule has 0 aliphatic carbocycles. The molecule has 0 saturated carbocycles. The van der Waals surface area contributed by atoms with Crippen molar-refractivity contribution >= 4 is 6.29 Å². The molecule has 2 N–H and O–H groups in total. The Kier molecular flexibility index (Phi) is 17.8. The molecule has 0 unspecified atom stereocenters. The van der Waals surface area contributed by atoms with Gasteiger partial charge in [-0.1, -0.05) is 57.1 Å². The predicted octanol–water partition coefficient (Wildman–Crippen LogP) is 5.07. The summed E-state index contributed by atoms with van der Waals surface area (Å²) in [5.74, 6) is 0. The lowest BCUT2D eigenvalue weighted by atomic mass is 10.1. The van der Waals surface area contributed by atoms with Crippen molar-refractivity contribution in [1.82, 2.24) is 0 Å². The quantitative estimate of drug-likeness (QED) is 0.317. The molecule has 1 radical (unpaired) electrons. The standard InChI is InChI=1S/C18H34NO/c19-17-15-13-11-9-7-5-3-1-2-4-6-8-10-12-14-16-18-20/h1-2H,3-17,19H2/b2-1-. The maximum atomic E-state index is 10.0. The molecule has 0 aromatic heterocycles. The first-order valence-electron chi connectivity index (χ1n) is 8.62. The van der Waals surface area contributed by atoms with Gasteiger partial charge in [-0.2, -0.15) is 0 Å². The van der Waals surface area contributed by atoms with E-state index in [0.717, 1.165) is 13.0 Å². The summed E-state index contributed by atoms with van der Waals surface area (Å²) in [7, 11) is 0. The summed E-state index contributed by atoms with van der Waals surface area (Å²) >= 11 is 0. The topological polar surface area (TPSA) is 43.1 Å². The highest BCUT2D eigenvalue weighted by atomic mass is 16.1. The Hall–Kier alpha value is -0.630. The van der Waals surface area contributed by atoms with E-state index in [1.807, 2.05) is 6.29 Å². The van der Waals surface area contributed by atoms with Gasteiger partial charge >= 0.3 is 0 Å². The Morgan fingerprint density at radius 1 is 0.650 bits per heavy atom. The van der Waals surface area contributed by atoms with Crippen molar-refractivity contribution in [2.45, 2.75) is 89.9 Å². The lowest BCUT2D eigenvalue weighted by Crippen LogP contribution is -1.97. The van der Waals surface area contributed by atoms with Crippen LogP contribution in [-0.4, -0.2) is 12.8 Å². The molecule has 2 heteroatoms. The summed E-state index contributed by atoms with van der Waals surface area (Å²) in [6.07, 6.45) is 23.7. The van der Waals surface area contributed by atoms with Crippen LogP contribution < -0.4 is 5.73 Å². The van der Waals surface area contributed by atoms with Crippen molar-refractivity contribution in [3.8, 4) is 0 Å². The molecule has 2 nitrogen and oxygen atoms in total. The van der Waals surface area contributed by atoms with Gasteiger partial charge in [0.25, 0.3) is 0 Å². The Labute approximate surface area is 126 Å². The molecule has 0 fully saturated rings. The fourth-order valence-corrected chi connectivity index (χ4v) is 2.34.